The Kier molecular flexibility index (Phi) is 7.44. The first kappa shape index (κ1) is 21.1. The van der Waals surface area contributed by atoms with Crippen molar-refractivity contribution in [2.75, 3.05) is 10.6 Å². The molecule has 0 bridgehead atoms. The van der Waals surface area contributed by atoms with Gasteiger partial charge in [-0.2, -0.15) is 0 Å². The standard InChI is InChI=1S/C23H32N4O2/c1-2-3-4-5-6-7-8-9-10-11-12-17-15-21(28)27(22(17)29)18-13-14-19-20(16-18)26-23(24)25-19/h10-11,13-14,16-17H,2-9,12,15H2,1H3,(H3,24,25,26). The predicted molar refractivity (Wildman–Crippen MR) is 117 cm³/mol. The molecule has 3 rings (SSSR count). The molecule has 29 heavy (non-hydrogen) atoms. The van der Waals surface area contributed by atoms with Crippen LogP contribution >= 0.6 is 0 Å². The van der Waals surface area contributed by atoms with Crippen LogP contribution in [0, 0.1) is 5.92 Å². The van der Waals surface area contributed by atoms with Crippen LogP contribution in [0.5, 0.6) is 0 Å². The number of nitrogens with two attached hydrogens (primary N) is 1. The third kappa shape index (κ3) is 5.46. The topological polar surface area (TPSA) is 92.1 Å². The fraction of sp³-hybridized carbons (Fsp3) is 0.522. The first-order valence-electron chi connectivity index (χ1n) is 10.9. The predicted octanol–water partition coefficient (Wildman–Crippen LogP) is 5.11. The van der Waals surface area contributed by atoms with Gasteiger partial charge in [-0.1, -0.05) is 57.6 Å². The minimum absolute atomic E-state index is 0.123. The van der Waals surface area contributed by atoms with Crippen molar-refractivity contribution in [3.63, 3.8) is 0 Å². The molecule has 0 aliphatic carbocycles. The zero-order valence-electron chi connectivity index (χ0n) is 17.3. The van der Waals surface area contributed by atoms with Crippen molar-refractivity contribution in [1.82, 2.24) is 9.97 Å². The minimum Gasteiger partial charge on any atom is -0.369 e. The number of aromatic amines is 1. The van der Waals surface area contributed by atoms with Gasteiger partial charge in [-0.15, -0.1) is 0 Å². The third-order valence-corrected chi connectivity index (χ3v) is 5.54. The average molecular weight is 397 g/mol. The van der Waals surface area contributed by atoms with Crippen LogP contribution < -0.4 is 10.6 Å². The summed E-state index contributed by atoms with van der Waals surface area (Å²) >= 11 is 0. The second-order valence-electron chi connectivity index (χ2n) is 7.91. The van der Waals surface area contributed by atoms with E-state index in [1.54, 1.807) is 18.2 Å². The largest absolute Gasteiger partial charge is 0.369 e. The van der Waals surface area contributed by atoms with Crippen LogP contribution in [0.25, 0.3) is 11.0 Å². The maximum absolute atomic E-state index is 12.8. The number of imide groups is 1. The molecule has 2 amide bonds. The number of rotatable bonds is 11. The smallest absolute Gasteiger partial charge is 0.237 e. The molecule has 0 radical (unpaired) electrons. The number of aromatic nitrogens is 2. The van der Waals surface area contributed by atoms with Gasteiger partial charge in [0.05, 0.1) is 22.6 Å². The molecule has 1 saturated heterocycles. The summed E-state index contributed by atoms with van der Waals surface area (Å²) in [5, 5.41) is 0. The van der Waals surface area contributed by atoms with Crippen LogP contribution in [0.3, 0.4) is 0 Å². The fourth-order valence-electron chi connectivity index (χ4n) is 3.90. The van der Waals surface area contributed by atoms with Crippen molar-refractivity contribution in [1.29, 1.82) is 0 Å². The lowest BCUT2D eigenvalue weighted by Crippen LogP contribution is -2.30. The summed E-state index contributed by atoms with van der Waals surface area (Å²) < 4.78 is 0. The van der Waals surface area contributed by atoms with Crippen LogP contribution in [0.2, 0.25) is 0 Å². The summed E-state index contributed by atoms with van der Waals surface area (Å²) in [7, 11) is 0. The Morgan fingerprint density at radius 3 is 2.69 bits per heavy atom. The Labute approximate surface area is 172 Å². The molecule has 156 valence electrons. The van der Waals surface area contributed by atoms with Crippen molar-refractivity contribution < 1.29 is 9.59 Å². The lowest BCUT2D eigenvalue weighted by Gasteiger charge is -2.14. The number of anilines is 2. The van der Waals surface area contributed by atoms with Gasteiger partial charge in [0.1, 0.15) is 0 Å². The SMILES string of the molecule is CCCCCCCCCC=CCC1CC(=O)N(c2ccc3nc(N)[nH]c3c2)C1=O. The molecular weight excluding hydrogens is 364 g/mol. The highest BCUT2D eigenvalue weighted by Crippen LogP contribution is 2.30. The van der Waals surface area contributed by atoms with E-state index in [4.69, 9.17) is 5.73 Å². The van der Waals surface area contributed by atoms with Crippen LogP contribution in [0.15, 0.2) is 30.4 Å². The number of H-pyrrole nitrogens is 1. The number of nitrogens with one attached hydrogen (secondary N) is 1. The molecular formula is C23H32N4O2. The number of carbonyl (C=O) groups excluding carboxylic acids is 2. The molecule has 0 spiro atoms. The minimum atomic E-state index is -0.268. The van der Waals surface area contributed by atoms with Gasteiger partial charge in [-0.05, 0) is 37.5 Å². The van der Waals surface area contributed by atoms with Gasteiger partial charge in [0, 0.05) is 6.42 Å². The number of nitrogens with zero attached hydrogens (tertiary/aromatic N) is 2. The number of allylic oxidation sites excluding steroid dienone is 2. The number of hydrogen-bond acceptors (Lipinski definition) is 4. The quantitative estimate of drug-likeness (QED) is 0.313. The third-order valence-electron chi connectivity index (χ3n) is 5.54. The molecule has 1 aromatic heterocycles. The van der Waals surface area contributed by atoms with Crippen molar-refractivity contribution in [3.05, 3.63) is 30.4 Å². The number of fused-ring (bicyclic) bond motifs is 1. The normalized spacial score (nSPS) is 17.3. The summed E-state index contributed by atoms with van der Waals surface area (Å²) in [6, 6.07) is 5.28. The highest BCUT2D eigenvalue weighted by Gasteiger charge is 2.38. The maximum Gasteiger partial charge on any atom is 0.237 e. The summed E-state index contributed by atoms with van der Waals surface area (Å²) in [5.41, 5.74) is 7.69. The van der Waals surface area contributed by atoms with E-state index < -0.39 is 0 Å². The van der Waals surface area contributed by atoms with E-state index >= 15 is 0 Å². The monoisotopic (exact) mass is 396 g/mol. The van der Waals surface area contributed by atoms with Gasteiger partial charge in [-0.3, -0.25) is 14.5 Å². The molecule has 3 N–H and O–H groups in total. The number of amides is 2. The molecule has 6 nitrogen and oxygen atoms in total. The number of hydrogen-bond donors (Lipinski definition) is 2. The van der Waals surface area contributed by atoms with Gasteiger partial charge in [0.25, 0.3) is 0 Å². The van der Waals surface area contributed by atoms with Gasteiger partial charge >= 0.3 is 0 Å². The number of imidazole rings is 1. The number of nitrogen functional groups attached to an aromatic ring is 1. The molecule has 1 aliphatic heterocycles. The fourth-order valence-corrected chi connectivity index (χ4v) is 3.90. The molecule has 1 unspecified atom stereocenters. The Morgan fingerprint density at radius 1 is 1.14 bits per heavy atom. The van der Waals surface area contributed by atoms with Gasteiger partial charge in [0.2, 0.25) is 11.8 Å². The van der Waals surface area contributed by atoms with Gasteiger partial charge in [0.15, 0.2) is 5.95 Å². The first-order valence-corrected chi connectivity index (χ1v) is 10.9. The average Bonchev–Trinajstić information content (AvgIpc) is 3.20. The van der Waals surface area contributed by atoms with Crippen molar-refractivity contribution in [3.8, 4) is 0 Å². The van der Waals surface area contributed by atoms with Crippen LogP contribution in [-0.2, 0) is 9.59 Å². The van der Waals surface area contributed by atoms with E-state index in [1.807, 2.05) is 0 Å². The van der Waals surface area contributed by atoms with E-state index in [0.717, 1.165) is 17.5 Å². The summed E-state index contributed by atoms with van der Waals surface area (Å²) in [6.07, 6.45) is 15.2. The summed E-state index contributed by atoms with van der Waals surface area (Å²) in [4.78, 5) is 33.6. The van der Waals surface area contributed by atoms with Crippen molar-refractivity contribution in [2.45, 2.75) is 71.1 Å². The van der Waals surface area contributed by atoms with E-state index in [1.165, 1.54) is 49.8 Å². The highest BCUT2D eigenvalue weighted by molar-refractivity contribution is 6.21. The second kappa shape index (κ2) is 10.2. The highest BCUT2D eigenvalue weighted by atomic mass is 16.2. The Hall–Kier alpha value is -2.63. The zero-order chi connectivity index (χ0) is 20.6. The molecule has 1 aromatic carbocycles. The number of benzene rings is 1. The van der Waals surface area contributed by atoms with E-state index in [0.29, 0.717) is 18.1 Å². The maximum atomic E-state index is 12.8. The van der Waals surface area contributed by atoms with E-state index in [2.05, 4.69) is 29.0 Å². The molecule has 1 aliphatic rings. The summed E-state index contributed by atoms with van der Waals surface area (Å²) in [5.74, 6) is -0.217. The lowest BCUT2D eigenvalue weighted by atomic mass is 10.0. The molecule has 0 saturated carbocycles. The van der Waals surface area contributed by atoms with Gasteiger partial charge in [-0.25, -0.2) is 4.98 Å². The summed E-state index contributed by atoms with van der Waals surface area (Å²) in [6.45, 7) is 2.24. The van der Waals surface area contributed by atoms with Crippen LogP contribution in [0.4, 0.5) is 11.6 Å². The number of unbranched alkanes of at least 4 members (excludes halogenated alkanes) is 7. The van der Waals surface area contributed by atoms with E-state index in [-0.39, 0.29) is 24.2 Å². The van der Waals surface area contributed by atoms with Crippen molar-refractivity contribution >= 4 is 34.5 Å². The molecule has 1 atom stereocenters. The molecule has 6 heteroatoms. The van der Waals surface area contributed by atoms with Crippen LogP contribution in [-0.4, -0.2) is 21.8 Å². The Morgan fingerprint density at radius 2 is 1.90 bits per heavy atom. The molecule has 2 heterocycles. The Balaban J connectivity index is 1.46. The first-order chi connectivity index (χ1) is 14.1. The van der Waals surface area contributed by atoms with E-state index in [9.17, 15) is 9.59 Å². The van der Waals surface area contributed by atoms with Gasteiger partial charge < -0.3 is 10.7 Å². The second-order valence-corrected chi connectivity index (χ2v) is 7.91. The molecule has 1 fully saturated rings. The zero-order valence-corrected chi connectivity index (χ0v) is 17.3. The lowest BCUT2D eigenvalue weighted by molar-refractivity contribution is -0.122. The van der Waals surface area contributed by atoms with Crippen LogP contribution in [0.1, 0.15) is 71.1 Å². The van der Waals surface area contributed by atoms with Crippen molar-refractivity contribution in [2.24, 2.45) is 5.92 Å². The Bertz CT molecular complexity index is 871. The number of carbonyl (C=O) groups is 2. The molecule has 2 aromatic rings.